The third kappa shape index (κ3) is 4.08. The molecule has 0 spiro atoms. The molecular formula is C10H19N3O2S. The molecule has 0 radical (unpaired) electrons. The maximum Gasteiger partial charge on any atom is 0.211 e. The van der Waals surface area contributed by atoms with Gasteiger partial charge < -0.3 is 5.32 Å². The molecule has 16 heavy (non-hydrogen) atoms. The van der Waals surface area contributed by atoms with E-state index in [0.717, 1.165) is 12.8 Å². The van der Waals surface area contributed by atoms with E-state index in [1.165, 1.54) is 10.6 Å². The summed E-state index contributed by atoms with van der Waals surface area (Å²) in [5.41, 5.74) is 0. The van der Waals surface area contributed by atoms with Crippen molar-refractivity contribution >= 4 is 10.0 Å². The van der Waals surface area contributed by atoms with Gasteiger partial charge in [-0.15, -0.1) is 0 Å². The van der Waals surface area contributed by atoms with Gasteiger partial charge in [0.2, 0.25) is 10.0 Å². The molecule has 1 aliphatic rings. The third-order valence-corrected chi connectivity index (χ3v) is 4.14. The first-order chi connectivity index (χ1) is 7.43. The van der Waals surface area contributed by atoms with Gasteiger partial charge in [0, 0.05) is 25.2 Å². The smallest absolute Gasteiger partial charge is 0.211 e. The molecular weight excluding hydrogens is 226 g/mol. The molecule has 1 fully saturated rings. The molecule has 0 amide bonds. The maximum atomic E-state index is 11.3. The van der Waals surface area contributed by atoms with Gasteiger partial charge in [0.15, 0.2) is 0 Å². The molecule has 1 atom stereocenters. The molecule has 1 aliphatic heterocycles. The molecule has 1 rings (SSSR count). The minimum absolute atomic E-state index is 0.180. The summed E-state index contributed by atoms with van der Waals surface area (Å²) in [6.07, 6.45) is 3.39. The number of hydrogen-bond acceptors (Lipinski definition) is 4. The minimum Gasteiger partial charge on any atom is -0.310 e. The summed E-state index contributed by atoms with van der Waals surface area (Å²) in [6.45, 7) is 3.14. The highest BCUT2D eigenvalue weighted by molar-refractivity contribution is 7.88. The van der Waals surface area contributed by atoms with Crippen LogP contribution < -0.4 is 5.32 Å². The highest BCUT2D eigenvalue weighted by atomic mass is 32.2. The Labute approximate surface area is 97.5 Å². The first-order valence-corrected chi connectivity index (χ1v) is 7.36. The summed E-state index contributed by atoms with van der Waals surface area (Å²) in [5.74, 6) is 0. The van der Waals surface area contributed by atoms with Crippen molar-refractivity contribution in [1.29, 1.82) is 5.26 Å². The van der Waals surface area contributed by atoms with Crippen LogP contribution in [0, 0.1) is 11.3 Å². The second-order valence-electron chi connectivity index (χ2n) is 4.37. The number of nitrogens with zero attached hydrogens (tertiary/aromatic N) is 2. The van der Waals surface area contributed by atoms with Crippen LogP contribution in [0.4, 0.5) is 0 Å². The summed E-state index contributed by atoms with van der Waals surface area (Å²) >= 11 is 0. The Balaban J connectivity index is 2.36. The van der Waals surface area contributed by atoms with Crippen LogP contribution in [0.1, 0.15) is 26.2 Å². The SMILES string of the molecule is CC(CC#N)NC1CCN(S(C)(=O)=O)CC1. The Morgan fingerprint density at radius 3 is 2.50 bits per heavy atom. The van der Waals surface area contributed by atoms with E-state index < -0.39 is 10.0 Å². The number of hydrogen-bond donors (Lipinski definition) is 1. The van der Waals surface area contributed by atoms with E-state index in [9.17, 15) is 8.42 Å². The lowest BCUT2D eigenvalue weighted by Crippen LogP contribution is -2.46. The van der Waals surface area contributed by atoms with Crippen LogP contribution >= 0.6 is 0 Å². The van der Waals surface area contributed by atoms with E-state index in [-0.39, 0.29) is 6.04 Å². The van der Waals surface area contributed by atoms with E-state index in [1.54, 1.807) is 0 Å². The summed E-state index contributed by atoms with van der Waals surface area (Å²) in [6, 6.07) is 2.64. The van der Waals surface area contributed by atoms with Gasteiger partial charge in [-0.1, -0.05) is 0 Å². The fraction of sp³-hybridized carbons (Fsp3) is 0.900. The Bertz CT molecular complexity index is 353. The van der Waals surface area contributed by atoms with E-state index in [1.807, 2.05) is 6.92 Å². The number of nitriles is 1. The van der Waals surface area contributed by atoms with Crippen LogP contribution in [0.2, 0.25) is 0 Å². The Morgan fingerprint density at radius 2 is 2.06 bits per heavy atom. The zero-order chi connectivity index (χ0) is 12.2. The summed E-state index contributed by atoms with van der Waals surface area (Å²) in [4.78, 5) is 0. The first kappa shape index (κ1) is 13.4. The van der Waals surface area contributed by atoms with Crippen molar-refractivity contribution in [3.05, 3.63) is 0 Å². The minimum atomic E-state index is -3.03. The standard InChI is InChI=1S/C10H19N3O2S/c1-9(3-6-11)12-10-4-7-13(8-5-10)16(2,14)15/h9-10,12H,3-5,7-8H2,1-2H3. The molecule has 1 N–H and O–H groups in total. The number of rotatable bonds is 4. The lowest BCUT2D eigenvalue weighted by molar-refractivity contribution is 0.278. The summed E-state index contributed by atoms with van der Waals surface area (Å²) in [5, 5.41) is 11.9. The van der Waals surface area contributed by atoms with Gasteiger partial charge in [0.05, 0.1) is 18.7 Å². The molecule has 1 unspecified atom stereocenters. The normalized spacial score (nSPS) is 21.6. The third-order valence-electron chi connectivity index (χ3n) is 2.84. The zero-order valence-electron chi connectivity index (χ0n) is 9.81. The first-order valence-electron chi connectivity index (χ1n) is 5.51. The van der Waals surface area contributed by atoms with Crippen LogP contribution in [-0.2, 0) is 10.0 Å². The Hall–Kier alpha value is -0.640. The lowest BCUT2D eigenvalue weighted by atomic mass is 10.1. The van der Waals surface area contributed by atoms with Crippen molar-refractivity contribution in [2.45, 2.75) is 38.3 Å². The van der Waals surface area contributed by atoms with E-state index >= 15 is 0 Å². The van der Waals surface area contributed by atoms with E-state index in [0.29, 0.717) is 25.6 Å². The highest BCUT2D eigenvalue weighted by Crippen LogP contribution is 2.13. The second-order valence-corrected chi connectivity index (χ2v) is 6.35. The number of nitrogens with one attached hydrogen (secondary N) is 1. The maximum absolute atomic E-state index is 11.3. The molecule has 6 heteroatoms. The van der Waals surface area contributed by atoms with Gasteiger partial charge in [-0.3, -0.25) is 0 Å². The van der Waals surface area contributed by atoms with Gasteiger partial charge >= 0.3 is 0 Å². The molecule has 0 saturated carbocycles. The summed E-state index contributed by atoms with van der Waals surface area (Å²) in [7, 11) is -3.03. The number of sulfonamides is 1. The van der Waals surface area contributed by atoms with Crippen LogP contribution in [0.3, 0.4) is 0 Å². The monoisotopic (exact) mass is 245 g/mol. The van der Waals surface area contributed by atoms with Gasteiger partial charge in [-0.25, -0.2) is 12.7 Å². The molecule has 1 heterocycles. The fourth-order valence-corrected chi connectivity index (χ4v) is 2.83. The van der Waals surface area contributed by atoms with Gasteiger partial charge in [0.25, 0.3) is 0 Å². The molecule has 1 saturated heterocycles. The molecule has 0 aromatic heterocycles. The van der Waals surface area contributed by atoms with Gasteiger partial charge in [-0.2, -0.15) is 5.26 Å². The second kappa shape index (κ2) is 5.62. The van der Waals surface area contributed by atoms with Crippen LogP contribution in [0.5, 0.6) is 0 Å². The predicted octanol–water partition coefficient (Wildman–Crippen LogP) is 0.302. The van der Waals surface area contributed by atoms with Crippen LogP contribution in [0.25, 0.3) is 0 Å². The van der Waals surface area contributed by atoms with Gasteiger partial charge in [0.1, 0.15) is 0 Å². The largest absolute Gasteiger partial charge is 0.310 e. The summed E-state index contributed by atoms with van der Waals surface area (Å²) < 4.78 is 24.1. The Kier molecular flexibility index (Phi) is 4.71. The molecule has 0 bridgehead atoms. The lowest BCUT2D eigenvalue weighted by Gasteiger charge is -2.32. The zero-order valence-corrected chi connectivity index (χ0v) is 10.6. The van der Waals surface area contributed by atoms with Crippen molar-refractivity contribution in [2.24, 2.45) is 0 Å². The van der Waals surface area contributed by atoms with Crippen LogP contribution in [-0.4, -0.2) is 44.2 Å². The highest BCUT2D eigenvalue weighted by Gasteiger charge is 2.25. The molecule has 0 aromatic carbocycles. The van der Waals surface area contributed by atoms with Crippen molar-refractivity contribution in [1.82, 2.24) is 9.62 Å². The van der Waals surface area contributed by atoms with Crippen molar-refractivity contribution in [3.8, 4) is 6.07 Å². The van der Waals surface area contributed by atoms with Crippen LogP contribution in [0.15, 0.2) is 0 Å². The molecule has 92 valence electrons. The average Bonchev–Trinajstić information content (AvgIpc) is 2.17. The molecule has 0 aromatic rings. The predicted molar refractivity (Wildman–Crippen MR) is 62.3 cm³/mol. The average molecular weight is 245 g/mol. The van der Waals surface area contributed by atoms with E-state index in [4.69, 9.17) is 5.26 Å². The Morgan fingerprint density at radius 1 is 1.50 bits per heavy atom. The fourth-order valence-electron chi connectivity index (χ4n) is 1.95. The van der Waals surface area contributed by atoms with Crippen molar-refractivity contribution in [2.75, 3.05) is 19.3 Å². The van der Waals surface area contributed by atoms with Crippen molar-refractivity contribution < 1.29 is 8.42 Å². The van der Waals surface area contributed by atoms with Crippen molar-refractivity contribution in [3.63, 3.8) is 0 Å². The van der Waals surface area contributed by atoms with E-state index in [2.05, 4.69) is 11.4 Å². The van der Waals surface area contributed by atoms with Gasteiger partial charge in [-0.05, 0) is 19.8 Å². The molecule has 5 nitrogen and oxygen atoms in total. The topological polar surface area (TPSA) is 73.2 Å². The molecule has 0 aliphatic carbocycles. The quantitative estimate of drug-likeness (QED) is 0.773. The number of piperidine rings is 1.